The van der Waals surface area contributed by atoms with E-state index in [0.29, 0.717) is 11.8 Å². The minimum atomic E-state index is 0.105. The molecule has 0 spiro atoms. The Kier molecular flexibility index (Phi) is 4.75. The van der Waals surface area contributed by atoms with Crippen LogP contribution in [0.15, 0.2) is 36.5 Å². The van der Waals surface area contributed by atoms with Crippen LogP contribution in [0, 0.1) is 0 Å². The lowest BCUT2D eigenvalue weighted by Crippen LogP contribution is -2.39. The van der Waals surface area contributed by atoms with Crippen LogP contribution in [0.5, 0.6) is 0 Å². The predicted octanol–water partition coefficient (Wildman–Crippen LogP) is 5.52. The van der Waals surface area contributed by atoms with Gasteiger partial charge in [-0.3, -0.25) is 4.79 Å². The molecule has 6 nitrogen and oxygen atoms in total. The van der Waals surface area contributed by atoms with Crippen LogP contribution in [-0.4, -0.2) is 43.6 Å². The molecule has 2 fully saturated rings. The summed E-state index contributed by atoms with van der Waals surface area (Å²) in [5, 5.41) is 6.58. The van der Waals surface area contributed by atoms with E-state index in [1.807, 2.05) is 27.9 Å². The number of rotatable bonds is 4. The van der Waals surface area contributed by atoms with Gasteiger partial charge < -0.3 is 4.90 Å². The Balaban J connectivity index is 1.34. The molecule has 1 aliphatic carbocycles. The number of pyridine rings is 1. The SMILES string of the molecule is CC(C)n1ncc2c(C(=O)N3CCCC(c4nc5ccccc5s4)C3)cc(C3CC3)nc21. The molecular formula is C25H27N5OS. The lowest BCUT2D eigenvalue weighted by molar-refractivity contribution is 0.0709. The van der Waals surface area contributed by atoms with E-state index in [2.05, 4.69) is 37.1 Å². The van der Waals surface area contributed by atoms with Gasteiger partial charge in [-0.15, -0.1) is 11.3 Å². The summed E-state index contributed by atoms with van der Waals surface area (Å²) in [4.78, 5) is 25.6. The van der Waals surface area contributed by atoms with E-state index in [9.17, 15) is 4.79 Å². The predicted molar refractivity (Wildman–Crippen MR) is 127 cm³/mol. The highest BCUT2D eigenvalue weighted by Crippen LogP contribution is 2.41. The third-order valence-electron chi connectivity index (χ3n) is 6.67. The first-order chi connectivity index (χ1) is 15.6. The molecule has 6 rings (SSSR count). The van der Waals surface area contributed by atoms with Crippen molar-refractivity contribution in [3.63, 3.8) is 0 Å². The number of carbonyl (C=O) groups excluding carboxylic acids is 1. The molecule has 2 aliphatic rings. The summed E-state index contributed by atoms with van der Waals surface area (Å²) >= 11 is 1.76. The fourth-order valence-electron chi connectivity index (χ4n) is 4.78. The third-order valence-corrected chi connectivity index (χ3v) is 7.87. The maximum atomic E-state index is 13.8. The Morgan fingerprint density at radius 3 is 2.75 bits per heavy atom. The molecule has 4 heterocycles. The normalized spacial score (nSPS) is 19.3. The molecule has 1 amide bonds. The van der Waals surface area contributed by atoms with Gasteiger partial charge in [0, 0.05) is 36.7 Å². The number of benzene rings is 1. The maximum absolute atomic E-state index is 13.8. The van der Waals surface area contributed by atoms with Crippen molar-refractivity contribution >= 4 is 38.5 Å². The summed E-state index contributed by atoms with van der Waals surface area (Å²) in [6.07, 6.45) is 6.22. The Hall–Kier alpha value is -2.80. The molecule has 1 unspecified atom stereocenters. The molecule has 164 valence electrons. The number of nitrogens with zero attached hydrogens (tertiary/aromatic N) is 5. The van der Waals surface area contributed by atoms with Crippen molar-refractivity contribution in [1.29, 1.82) is 0 Å². The van der Waals surface area contributed by atoms with Crippen molar-refractivity contribution in [1.82, 2.24) is 24.6 Å². The van der Waals surface area contributed by atoms with Crippen LogP contribution in [0.25, 0.3) is 21.3 Å². The van der Waals surface area contributed by atoms with Gasteiger partial charge in [0.15, 0.2) is 5.65 Å². The quantitative estimate of drug-likeness (QED) is 0.415. The van der Waals surface area contributed by atoms with E-state index < -0.39 is 0 Å². The minimum absolute atomic E-state index is 0.105. The zero-order valence-corrected chi connectivity index (χ0v) is 19.3. The maximum Gasteiger partial charge on any atom is 0.254 e. The highest BCUT2D eigenvalue weighted by Gasteiger charge is 2.32. The van der Waals surface area contributed by atoms with Gasteiger partial charge in [0.1, 0.15) is 0 Å². The van der Waals surface area contributed by atoms with Crippen molar-refractivity contribution in [2.24, 2.45) is 0 Å². The molecule has 1 aliphatic heterocycles. The van der Waals surface area contributed by atoms with E-state index in [1.54, 1.807) is 11.3 Å². The van der Waals surface area contributed by atoms with Crippen LogP contribution < -0.4 is 0 Å². The third kappa shape index (κ3) is 3.39. The summed E-state index contributed by atoms with van der Waals surface area (Å²) in [6.45, 7) is 5.72. The van der Waals surface area contributed by atoms with Gasteiger partial charge in [0.25, 0.3) is 5.91 Å². The van der Waals surface area contributed by atoms with Gasteiger partial charge in [0.2, 0.25) is 0 Å². The Morgan fingerprint density at radius 2 is 1.97 bits per heavy atom. The number of para-hydroxylation sites is 1. The molecule has 1 saturated heterocycles. The molecule has 0 bridgehead atoms. The van der Waals surface area contributed by atoms with Gasteiger partial charge in [-0.05, 0) is 57.7 Å². The lowest BCUT2D eigenvalue weighted by Gasteiger charge is -2.32. The molecule has 7 heteroatoms. The van der Waals surface area contributed by atoms with Crippen LogP contribution >= 0.6 is 11.3 Å². The summed E-state index contributed by atoms with van der Waals surface area (Å²) in [5.41, 5.74) is 3.70. The number of aromatic nitrogens is 4. The first-order valence-corrected chi connectivity index (χ1v) is 12.4. The van der Waals surface area contributed by atoms with E-state index in [0.717, 1.165) is 71.6 Å². The van der Waals surface area contributed by atoms with E-state index >= 15 is 0 Å². The molecule has 3 aromatic heterocycles. The Labute approximate surface area is 191 Å². The molecule has 1 atom stereocenters. The standard InChI is InChI=1S/C25H27N5OS/c1-15(2)30-23-19(13-26-30)18(12-21(27-23)16-9-10-16)25(31)29-11-5-6-17(14-29)24-28-20-7-3-4-8-22(20)32-24/h3-4,7-8,12-13,15-17H,5-6,9-11,14H2,1-2H3. The fourth-order valence-corrected chi connectivity index (χ4v) is 5.87. The molecular weight excluding hydrogens is 418 g/mol. The van der Waals surface area contributed by atoms with Crippen LogP contribution in [0.3, 0.4) is 0 Å². The monoisotopic (exact) mass is 445 g/mol. The first kappa shape index (κ1) is 19.9. The highest BCUT2D eigenvalue weighted by atomic mass is 32.1. The van der Waals surface area contributed by atoms with Crippen molar-refractivity contribution in [3.05, 3.63) is 52.8 Å². The number of hydrogen-bond donors (Lipinski definition) is 0. The lowest BCUT2D eigenvalue weighted by atomic mass is 9.97. The van der Waals surface area contributed by atoms with Gasteiger partial charge in [-0.25, -0.2) is 14.6 Å². The molecule has 0 N–H and O–H groups in total. The molecule has 1 saturated carbocycles. The van der Waals surface area contributed by atoms with E-state index in [1.165, 1.54) is 4.70 Å². The van der Waals surface area contributed by atoms with Gasteiger partial charge >= 0.3 is 0 Å². The van der Waals surface area contributed by atoms with E-state index in [-0.39, 0.29) is 11.9 Å². The average Bonchev–Trinajstić information content (AvgIpc) is 3.42. The van der Waals surface area contributed by atoms with Crippen molar-refractivity contribution < 1.29 is 4.79 Å². The second-order valence-electron chi connectivity index (χ2n) is 9.40. The minimum Gasteiger partial charge on any atom is -0.338 e. The van der Waals surface area contributed by atoms with Crippen molar-refractivity contribution in [3.8, 4) is 0 Å². The zero-order chi connectivity index (χ0) is 21.8. The van der Waals surface area contributed by atoms with E-state index in [4.69, 9.17) is 9.97 Å². The fraction of sp³-hybridized carbons (Fsp3) is 0.440. The number of carbonyl (C=O) groups is 1. The summed E-state index contributed by atoms with van der Waals surface area (Å²) < 4.78 is 3.16. The number of likely N-dealkylation sites (tertiary alicyclic amines) is 1. The van der Waals surface area contributed by atoms with Crippen molar-refractivity contribution in [2.45, 2.75) is 57.4 Å². The summed E-state index contributed by atoms with van der Waals surface area (Å²) in [6, 6.07) is 10.5. The topological polar surface area (TPSA) is 63.9 Å². The molecule has 4 aromatic rings. The second-order valence-corrected chi connectivity index (χ2v) is 10.5. The zero-order valence-electron chi connectivity index (χ0n) is 18.5. The first-order valence-electron chi connectivity index (χ1n) is 11.6. The average molecular weight is 446 g/mol. The largest absolute Gasteiger partial charge is 0.338 e. The summed E-state index contributed by atoms with van der Waals surface area (Å²) in [5.74, 6) is 0.885. The number of thiazole rings is 1. The number of amides is 1. The Bertz CT molecular complexity index is 1290. The van der Waals surface area contributed by atoms with Crippen molar-refractivity contribution in [2.75, 3.05) is 13.1 Å². The molecule has 0 radical (unpaired) electrons. The van der Waals surface area contributed by atoms with Gasteiger partial charge in [-0.2, -0.15) is 5.10 Å². The van der Waals surface area contributed by atoms with Crippen LogP contribution in [0.4, 0.5) is 0 Å². The van der Waals surface area contributed by atoms with Gasteiger partial charge in [-0.1, -0.05) is 12.1 Å². The van der Waals surface area contributed by atoms with Crippen LogP contribution in [-0.2, 0) is 0 Å². The molecule has 1 aromatic carbocycles. The highest BCUT2D eigenvalue weighted by molar-refractivity contribution is 7.18. The number of fused-ring (bicyclic) bond motifs is 2. The molecule has 32 heavy (non-hydrogen) atoms. The van der Waals surface area contributed by atoms with Gasteiger partial charge in [0.05, 0.1) is 32.4 Å². The number of piperidine rings is 1. The van der Waals surface area contributed by atoms with Crippen LogP contribution in [0.1, 0.15) is 78.5 Å². The Morgan fingerprint density at radius 1 is 1.12 bits per heavy atom. The van der Waals surface area contributed by atoms with Crippen LogP contribution in [0.2, 0.25) is 0 Å². The second kappa shape index (κ2) is 7.66. The number of hydrogen-bond acceptors (Lipinski definition) is 5. The summed E-state index contributed by atoms with van der Waals surface area (Å²) in [7, 11) is 0. The smallest absolute Gasteiger partial charge is 0.254 e.